The van der Waals surface area contributed by atoms with Crippen LogP contribution in [0.2, 0.25) is 0 Å². The molecule has 0 bridgehead atoms. The van der Waals surface area contributed by atoms with E-state index in [0.29, 0.717) is 5.85 Å². The average molecular weight is 328 g/mol. The van der Waals surface area contributed by atoms with Crippen molar-refractivity contribution in [3.63, 3.8) is 0 Å². The predicted octanol–water partition coefficient (Wildman–Crippen LogP) is 4.80. The fraction of sp³-hybridized carbons (Fsp3) is 0.400. The highest BCUT2D eigenvalue weighted by Crippen LogP contribution is 2.34. The number of aryl methyl sites for hydroxylation is 2. The summed E-state index contributed by atoms with van der Waals surface area (Å²) in [6, 6.07) is 17.4. The van der Waals surface area contributed by atoms with Crippen LogP contribution in [0, 0.1) is 0 Å². The molecule has 2 nitrogen and oxygen atoms in total. The average Bonchev–Trinajstić information content (AvgIpc) is 3.42. The van der Waals surface area contributed by atoms with Crippen molar-refractivity contribution < 1.29 is 9.47 Å². The van der Waals surface area contributed by atoms with Crippen LogP contribution >= 0.6 is 8.58 Å². The summed E-state index contributed by atoms with van der Waals surface area (Å²) < 4.78 is 11.1. The van der Waals surface area contributed by atoms with Gasteiger partial charge in [0.05, 0.1) is 19.1 Å². The Morgan fingerprint density at radius 2 is 1.91 bits per heavy atom. The molecule has 3 heteroatoms. The lowest BCUT2D eigenvalue weighted by Gasteiger charge is -2.10. The lowest BCUT2D eigenvalue weighted by atomic mass is 10.0. The molecule has 2 unspecified atom stereocenters. The van der Waals surface area contributed by atoms with Gasteiger partial charge in [-0.05, 0) is 54.2 Å². The van der Waals surface area contributed by atoms with Gasteiger partial charge in [0, 0.05) is 0 Å². The molecule has 2 aromatic carbocycles. The molecule has 0 saturated carbocycles. The van der Waals surface area contributed by atoms with Gasteiger partial charge in [0.15, 0.2) is 0 Å². The summed E-state index contributed by atoms with van der Waals surface area (Å²) in [4.78, 5) is 0. The van der Waals surface area contributed by atoms with Crippen molar-refractivity contribution in [2.75, 3.05) is 13.2 Å². The standard InChI is InChI=1S/C20H25O2P/c1-2-12-21-19-9-5-6-16(13-19)10-11-17-7-3-4-8-18(17)15-23-20-14-22-20/h3-9,13,20,23H,2,10-12,14-15H2,1H3. The minimum Gasteiger partial charge on any atom is -0.494 e. The molecular formula is C20H25O2P. The van der Waals surface area contributed by atoms with Gasteiger partial charge >= 0.3 is 0 Å². The summed E-state index contributed by atoms with van der Waals surface area (Å²) in [6.07, 6.45) is 4.34. The molecule has 3 rings (SSSR count). The Hall–Kier alpha value is -1.37. The van der Waals surface area contributed by atoms with Gasteiger partial charge in [0.25, 0.3) is 0 Å². The highest BCUT2D eigenvalue weighted by molar-refractivity contribution is 7.38. The van der Waals surface area contributed by atoms with Crippen LogP contribution in [0.3, 0.4) is 0 Å². The SMILES string of the molecule is CCCOc1cccc(CCc2ccccc2CPC2CO2)c1. The van der Waals surface area contributed by atoms with Gasteiger partial charge in [-0.15, -0.1) is 0 Å². The summed E-state index contributed by atoms with van der Waals surface area (Å²) in [5.74, 6) is 1.53. The summed E-state index contributed by atoms with van der Waals surface area (Å²) >= 11 is 0. The van der Waals surface area contributed by atoms with Gasteiger partial charge in [-0.3, -0.25) is 0 Å². The minimum absolute atomic E-state index is 0.537. The van der Waals surface area contributed by atoms with Gasteiger partial charge < -0.3 is 9.47 Å². The van der Waals surface area contributed by atoms with E-state index in [0.717, 1.165) is 53.0 Å². The van der Waals surface area contributed by atoms with E-state index < -0.39 is 0 Å². The van der Waals surface area contributed by atoms with Crippen LogP contribution in [0.15, 0.2) is 48.5 Å². The van der Waals surface area contributed by atoms with E-state index >= 15 is 0 Å². The van der Waals surface area contributed by atoms with Crippen molar-refractivity contribution in [3.05, 3.63) is 65.2 Å². The van der Waals surface area contributed by atoms with Gasteiger partial charge in [0.2, 0.25) is 0 Å². The monoisotopic (exact) mass is 328 g/mol. The van der Waals surface area contributed by atoms with Crippen LogP contribution in [-0.2, 0) is 23.7 Å². The van der Waals surface area contributed by atoms with Crippen molar-refractivity contribution in [1.29, 1.82) is 0 Å². The second-order valence-electron chi connectivity index (χ2n) is 5.97. The topological polar surface area (TPSA) is 21.8 Å². The molecule has 1 aliphatic rings. The second-order valence-corrected chi connectivity index (χ2v) is 7.37. The number of benzene rings is 2. The van der Waals surface area contributed by atoms with Crippen LogP contribution in [-0.4, -0.2) is 19.1 Å². The number of rotatable bonds is 9. The molecule has 0 radical (unpaired) electrons. The third kappa shape index (κ3) is 5.34. The zero-order valence-electron chi connectivity index (χ0n) is 13.8. The molecule has 23 heavy (non-hydrogen) atoms. The zero-order chi connectivity index (χ0) is 15.9. The summed E-state index contributed by atoms with van der Waals surface area (Å²) in [5, 5.41) is 0. The number of hydrogen-bond acceptors (Lipinski definition) is 2. The van der Waals surface area contributed by atoms with Crippen LogP contribution in [0.5, 0.6) is 5.75 Å². The lowest BCUT2D eigenvalue weighted by molar-refractivity contribution is 0.317. The Kier molecular flexibility index (Phi) is 6.07. The highest BCUT2D eigenvalue weighted by Gasteiger charge is 2.21. The first-order chi connectivity index (χ1) is 11.3. The molecule has 0 N–H and O–H groups in total. The van der Waals surface area contributed by atoms with Crippen molar-refractivity contribution in [3.8, 4) is 5.75 Å². The zero-order valence-corrected chi connectivity index (χ0v) is 14.8. The van der Waals surface area contributed by atoms with Gasteiger partial charge in [-0.2, -0.15) is 0 Å². The van der Waals surface area contributed by atoms with E-state index in [-0.39, 0.29) is 0 Å². The Balaban J connectivity index is 1.59. The van der Waals surface area contributed by atoms with Gasteiger partial charge in [-0.1, -0.05) is 51.9 Å². The van der Waals surface area contributed by atoms with Crippen molar-refractivity contribution in [2.24, 2.45) is 0 Å². The summed E-state index contributed by atoms with van der Waals surface area (Å²) in [7, 11) is 0.900. The molecular weight excluding hydrogens is 303 g/mol. The van der Waals surface area contributed by atoms with E-state index in [1.165, 1.54) is 16.7 Å². The molecule has 122 valence electrons. The quantitative estimate of drug-likeness (QED) is 0.487. The highest BCUT2D eigenvalue weighted by atomic mass is 31.1. The molecule has 0 aromatic heterocycles. The molecule has 2 aromatic rings. The van der Waals surface area contributed by atoms with Gasteiger partial charge in [0.1, 0.15) is 5.75 Å². The molecule has 1 saturated heterocycles. The number of epoxide rings is 1. The van der Waals surface area contributed by atoms with E-state index in [9.17, 15) is 0 Å². The maximum atomic E-state index is 5.73. The Labute approximate surface area is 141 Å². The summed E-state index contributed by atoms with van der Waals surface area (Å²) in [5.41, 5.74) is 4.31. The maximum Gasteiger partial charge on any atom is 0.119 e. The second kappa shape index (κ2) is 8.47. The number of ether oxygens (including phenoxy) is 2. The molecule has 2 atom stereocenters. The van der Waals surface area contributed by atoms with Crippen LogP contribution in [0.1, 0.15) is 30.0 Å². The largest absolute Gasteiger partial charge is 0.494 e. The smallest absolute Gasteiger partial charge is 0.119 e. The lowest BCUT2D eigenvalue weighted by Crippen LogP contribution is -1.98. The van der Waals surface area contributed by atoms with Gasteiger partial charge in [-0.25, -0.2) is 0 Å². The Morgan fingerprint density at radius 3 is 2.70 bits per heavy atom. The molecule has 0 aliphatic carbocycles. The van der Waals surface area contributed by atoms with E-state index in [1.807, 2.05) is 6.07 Å². The van der Waals surface area contributed by atoms with Crippen molar-refractivity contribution >= 4 is 8.58 Å². The fourth-order valence-corrected chi connectivity index (χ4v) is 3.78. The molecule has 1 fully saturated rings. The summed E-state index contributed by atoms with van der Waals surface area (Å²) in [6.45, 7) is 3.88. The number of hydrogen-bond donors (Lipinski definition) is 0. The van der Waals surface area contributed by atoms with E-state index in [1.54, 1.807) is 0 Å². The van der Waals surface area contributed by atoms with Crippen LogP contribution in [0.4, 0.5) is 0 Å². The van der Waals surface area contributed by atoms with Crippen LogP contribution < -0.4 is 4.74 Å². The molecule has 0 spiro atoms. The van der Waals surface area contributed by atoms with Crippen molar-refractivity contribution in [2.45, 2.75) is 38.2 Å². The molecule has 1 aliphatic heterocycles. The Morgan fingerprint density at radius 1 is 1.09 bits per heavy atom. The van der Waals surface area contributed by atoms with Crippen molar-refractivity contribution in [1.82, 2.24) is 0 Å². The maximum absolute atomic E-state index is 5.73. The third-order valence-corrected chi connectivity index (χ3v) is 5.40. The molecule has 0 amide bonds. The first-order valence-electron chi connectivity index (χ1n) is 8.48. The minimum atomic E-state index is 0.537. The Bertz CT molecular complexity index is 623. The van der Waals surface area contributed by atoms with E-state index in [4.69, 9.17) is 9.47 Å². The molecule has 1 heterocycles. The van der Waals surface area contributed by atoms with Crippen LogP contribution in [0.25, 0.3) is 0 Å². The first kappa shape index (κ1) is 16.5. The van der Waals surface area contributed by atoms with E-state index in [2.05, 4.69) is 49.4 Å². The third-order valence-electron chi connectivity index (χ3n) is 4.03. The normalized spacial score (nSPS) is 16.8. The fourth-order valence-electron chi connectivity index (χ4n) is 2.65. The predicted molar refractivity (Wildman–Crippen MR) is 97.8 cm³/mol. The first-order valence-corrected chi connectivity index (χ1v) is 9.77.